The highest BCUT2D eigenvalue weighted by atomic mass is 32.2. The van der Waals surface area contributed by atoms with Crippen molar-refractivity contribution in [2.24, 2.45) is 11.1 Å². The number of thioether (sulfide) groups is 1. The molecule has 1 nitrogen and oxygen atoms in total. The van der Waals surface area contributed by atoms with E-state index in [-0.39, 0.29) is 5.41 Å². The lowest BCUT2D eigenvalue weighted by Gasteiger charge is -2.26. The summed E-state index contributed by atoms with van der Waals surface area (Å²) in [4.78, 5) is 1.35. The van der Waals surface area contributed by atoms with Crippen LogP contribution in [0.2, 0.25) is 0 Å². The van der Waals surface area contributed by atoms with Crippen LogP contribution < -0.4 is 5.73 Å². The Kier molecular flexibility index (Phi) is 4.04. The highest BCUT2D eigenvalue weighted by Gasteiger charge is 2.39. The summed E-state index contributed by atoms with van der Waals surface area (Å²) < 4.78 is 0. The molecular weight excluding hydrogens is 250 g/mol. The molecule has 2 unspecified atom stereocenters. The van der Waals surface area contributed by atoms with Crippen LogP contribution in [0, 0.1) is 5.41 Å². The first-order valence-corrected chi connectivity index (χ1v) is 8.11. The lowest BCUT2D eigenvalue weighted by atomic mass is 9.87. The van der Waals surface area contributed by atoms with Gasteiger partial charge in [-0.1, -0.05) is 46.8 Å². The predicted octanol–water partition coefficient (Wildman–Crippen LogP) is 4.59. The van der Waals surface area contributed by atoms with Crippen LogP contribution in [-0.4, -0.2) is 11.3 Å². The van der Waals surface area contributed by atoms with Gasteiger partial charge in [0.1, 0.15) is 0 Å². The summed E-state index contributed by atoms with van der Waals surface area (Å²) in [5.41, 5.74) is 8.30. The van der Waals surface area contributed by atoms with Crippen molar-refractivity contribution in [3.05, 3.63) is 29.8 Å². The van der Waals surface area contributed by atoms with Gasteiger partial charge in [-0.3, -0.25) is 0 Å². The Morgan fingerprint density at radius 1 is 1.16 bits per heavy atom. The Morgan fingerprint density at radius 3 is 2.16 bits per heavy atom. The predicted molar refractivity (Wildman–Crippen MR) is 85.8 cm³/mol. The largest absolute Gasteiger partial charge is 0.326 e. The van der Waals surface area contributed by atoms with Crippen molar-refractivity contribution in [2.45, 2.75) is 69.1 Å². The van der Waals surface area contributed by atoms with Crippen molar-refractivity contribution in [2.75, 3.05) is 0 Å². The smallest absolute Gasteiger partial charge is 0.0251 e. The zero-order valence-corrected chi connectivity index (χ0v) is 13.7. The van der Waals surface area contributed by atoms with Crippen LogP contribution >= 0.6 is 11.8 Å². The second-order valence-electron chi connectivity index (χ2n) is 7.48. The molecule has 0 saturated heterocycles. The van der Waals surface area contributed by atoms with Crippen molar-refractivity contribution in [1.82, 2.24) is 0 Å². The minimum atomic E-state index is 0.231. The van der Waals surface area contributed by atoms with Crippen LogP contribution in [0.3, 0.4) is 0 Å². The van der Waals surface area contributed by atoms with E-state index in [9.17, 15) is 0 Å². The summed E-state index contributed by atoms with van der Waals surface area (Å²) >= 11 is 1.96. The van der Waals surface area contributed by atoms with Crippen LogP contribution in [0.5, 0.6) is 0 Å². The average molecular weight is 277 g/mol. The van der Waals surface area contributed by atoms with Crippen molar-refractivity contribution >= 4 is 11.8 Å². The van der Waals surface area contributed by atoms with Crippen LogP contribution in [0.15, 0.2) is 29.2 Å². The zero-order valence-electron chi connectivity index (χ0n) is 12.9. The molecule has 1 saturated carbocycles. The van der Waals surface area contributed by atoms with Crippen LogP contribution in [0.25, 0.3) is 0 Å². The van der Waals surface area contributed by atoms with Gasteiger partial charge in [-0.25, -0.2) is 0 Å². The quantitative estimate of drug-likeness (QED) is 0.855. The molecule has 0 aromatic heterocycles. The molecule has 0 spiro atoms. The molecule has 0 amide bonds. The summed E-state index contributed by atoms with van der Waals surface area (Å²) in [5.74, 6) is 0. The molecule has 19 heavy (non-hydrogen) atoms. The Balaban J connectivity index is 2.05. The van der Waals surface area contributed by atoms with Gasteiger partial charge in [0.15, 0.2) is 0 Å². The molecule has 0 aliphatic heterocycles. The van der Waals surface area contributed by atoms with Crippen molar-refractivity contribution < 1.29 is 0 Å². The standard InChI is InChI=1S/C17H27NS/c1-16(2,3)12-6-8-13(9-7-12)19-14-10-11-17(4,5)15(14)18/h6-9,14-15H,10-11,18H2,1-5H3. The first kappa shape index (κ1) is 14.9. The lowest BCUT2D eigenvalue weighted by molar-refractivity contribution is 0.334. The molecule has 1 aliphatic carbocycles. The molecular formula is C17H27NS. The number of hydrogen-bond donors (Lipinski definition) is 1. The molecule has 2 rings (SSSR count). The molecule has 1 fully saturated rings. The Bertz CT molecular complexity index is 428. The third kappa shape index (κ3) is 3.35. The van der Waals surface area contributed by atoms with Gasteiger partial charge in [-0.2, -0.15) is 0 Å². The fourth-order valence-corrected chi connectivity index (χ4v) is 4.10. The third-order valence-corrected chi connectivity index (χ3v) is 5.76. The molecule has 2 heteroatoms. The van der Waals surface area contributed by atoms with Crippen molar-refractivity contribution in [3.8, 4) is 0 Å². The minimum absolute atomic E-state index is 0.231. The monoisotopic (exact) mass is 277 g/mol. The van der Waals surface area contributed by atoms with Gasteiger partial charge in [0.05, 0.1) is 0 Å². The molecule has 1 aliphatic rings. The molecule has 2 N–H and O–H groups in total. The van der Waals surface area contributed by atoms with Gasteiger partial charge in [0.25, 0.3) is 0 Å². The van der Waals surface area contributed by atoms with E-state index in [0.717, 1.165) is 0 Å². The van der Waals surface area contributed by atoms with Gasteiger partial charge in [-0.05, 0) is 41.4 Å². The Labute approximate surface area is 122 Å². The van der Waals surface area contributed by atoms with E-state index in [1.54, 1.807) is 0 Å². The summed E-state index contributed by atoms with van der Waals surface area (Å²) in [6.45, 7) is 11.3. The number of benzene rings is 1. The first-order chi connectivity index (χ1) is 8.70. The van der Waals surface area contributed by atoms with Gasteiger partial charge in [0.2, 0.25) is 0 Å². The van der Waals surface area contributed by atoms with Gasteiger partial charge in [0, 0.05) is 16.2 Å². The number of hydrogen-bond acceptors (Lipinski definition) is 2. The molecule has 0 bridgehead atoms. The topological polar surface area (TPSA) is 26.0 Å². The second-order valence-corrected chi connectivity index (χ2v) is 8.80. The van der Waals surface area contributed by atoms with Crippen LogP contribution in [0.1, 0.15) is 53.0 Å². The van der Waals surface area contributed by atoms with Gasteiger partial charge < -0.3 is 5.73 Å². The molecule has 106 valence electrons. The maximum absolute atomic E-state index is 6.38. The molecule has 1 aromatic carbocycles. The summed E-state index contributed by atoms with van der Waals surface area (Å²) in [7, 11) is 0. The second kappa shape index (κ2) is 5.14. The van der Waals surface area contributed by atoms with Crippen molar-refractivity contribution in [3.63, 3.8) is 0 Å². The van der Waals surface area contributed by atoms with E-state index in [1.807, 2.05) is 11.8 Å². The Morgan fingerprint density at radius 2 is 1.74 bits per heavy atom. The van der Waals surface area contributed by atoms with Gasteiger partial charge >= 0.3 is 0 Å². The van der Waals surface area contributed by atoms with E-state index in [0.29, 0.717) is 16.7 Å². The molecule has 2 atom stereocenters. The van der Waals surface area contributed by atoms with E-state index in [4.69, 9.17) is 5.73 Å². The lowest BCUT2D eigenvalue weighted by Crippen LogP contribution is -2.38. The van der Waals surface area contributed by atoms with Crippen molar-refractivity contribution in [1.29, 1.82) is 0 Å². The highest BCUT2D eigenvalue weighted by molar-refractivity contribution is 8.00. The maximum Gasteiger partial charge on any atom is 0.0251 e. The van der Waals surface area contributed by atoms with Gasteiger partial charge in [-0.15, -0.1) is 11.8 Å². The zero-order chi connectivity index (χ0) is 14.3. The first-order valence-electron chi connectivity index (χ1n) is 7.23. The number of nitrogens with two attached hydrogens (primary N) is 1. The third-order valence-electron chi connectivity index (χ3n) is 4.38. The van der Waals surface area contributed by atoms with Crippen LogP contribution in [0.4, 0.5) is 0 Å². The molecule has 0 heterocycles. The normalized spacial score (nSPS) is 26.6. The minimum Gasteiger partial charge on any atom is -0.326 e. The fraction of sp³-hybridized carbons (Fsp3) is 0.647. The fourth-order valence-electron chi connectivity index (χ4n) is 2.70. The van der Waals surface area contributed by atoms with E-state index < -0.39 is 0 Å². The molecule has 0 radical (unpaired) electrons. The number of rotatable bonds is 2. The Hall–Kier alpha value is -0.470. The molecule has 1 aromatic rings. The summed E-state index contributed by atoms with van der Waals surface area (Å²) in [5, 5.41) is 0.565. The average Bonchev–Trinajstić information content (AvgIpc) is 2.56. The maximum atomic E-state index is 6.38. The van der Waals surface area contributed by atoms with E-state index in [2.05, 4.69) is 58.9 Å². The van der Waals surface area contributed by atoms with E-state index in [1.165, 1.54) is 23.3 Å². The highest BCUT2D eigenvalue weighted by Crippen LogP contribution is 2.44. The SMILES string of the molecule is CC(C)(C)c1ccc(SC2CCC(C)(C)C2N)cc1. The van der Waals surface area contributed by atoms with Crippen LogP contribution in [-0.2, 0) is 5.41 Å². The summed E-state index contributed by atoms with van der Waals surface area (Å²) in [6.07, 6.45) is 2.48. The summed E-state index contributed by atoms with van der Waals surface area (Å²) in [6, 6.07) is 9.33. The van der Waals surface area contributed by atoms with E-state index >= 15 is 0 Å².